The van der Waals surface area contributed by atoms with Gasteiger partial charge in [-0.2, -0.15) is 0 Å². The summed E-state index contributed by atoms with van der Waals surface area (Å²) < 4.78 is 11.3. The summed E-state index contributed by atoms with van der Waals surface area (Å²) in [6, 6.07) is 9.54. The van der Waals surface area contributed by atoms with Gasteiger partial charge in [0.2, 0.25) is 5.91 Å². The van der Waals surface area contributed by atoms with E-state index >= 15 is 0 Å². The van der Waals surface area contributed by atoms with Crippen molar-refractivity contribution < 1.29 is 13.9 Å². The smallest absolute Gasteiger partial charge is 0.220 e. The molecule has 0 unspecified atom stereocenters. The van der Waals surface area contributed by atoms with Crippen LogP contribution < -0.4 is 10.1 Å². The van der Waals surface area contributed by atoms with Crippen LogP contribution in [0.3, 0.4) is 0 Å². The second-order valence-electron chi connectivity index (χ2n) is 6.94. The summed E-state index contributed by atoms with van der Waals surface area (Å²) in [5.41, 5.74) is 0.999. The third-order valence-electron chi connectivity index (χ3n) is 4.89. The minimum Gasteiger partial charge on any atom is -0.493 e. The highest BCUT2D eigenvalue weighted by atomic mass is 35.5. The topological polar surface area (TPSA) is 54.7 Å². The normalized spacial score (nSPS) is 15.6. The first-order chi connectivity index (χ1) is 13.1. The van der Waals surface area contributed by atoms with Crippen LogP contribution in [-0.2, 0) is 4.79 Å². The number of carbonyl (C=O) groups excluding carboxylic acids is 1. The lowest BCUT2D eigenvalue weighted by Crippen LogP contribution is -2.36. The Bertz CT molecular complexity index is 727. The van der Waals surface area contributed by atoms with Gasteiger partial charge in [0, 0.05) is 18.0 Å². The summed E-state index contributed by atoms with van der Waals surface area (Å²) in [6.07, 6.45) is 5.20. The molecule has 3 rings (SSSR count). The third kappa shape index (κ3) is 5.75. The summed E-state index contributed by atoms with van der Waals surface area (Å²) in [5, 5.41) is 3.75. The van der Waals surface area contributed by atoms with Crippen LogP contribution in [0, 0.1) is 6.92 Å². The lowest BCUT2D eigenvalue weighted by Gasteiger charge is -2.26. The van der Waals surface area contributed by atoms with Gasteiger partial charge < -0.3 is 14.5 Å². The fourth-order valence-corrected chi connectivity index (χ4v) is 3.66. The summed E-state index contributed by atoms with van der Waals surface area (Å²) in [5.74, 6) is 1.77. The van der Waals surface area contributed by atoms with E-state index in [1.54, 1.807) is 6.26 Å². The molecule has 1 aromatic carbocycles. The summed E-state index contributed by atoms with van der Waals surface area (Å²) in [4.78, 5) is 14.6. The molecule has 1 N–H and O–H groups in total. The van der Waals surface area contributed by atoms with Gasteiger partial charge in [-0.05, 0) is 75.2 Å². The van der Waals surface area contributed by atoms with Gasteiger partial charge in [-0.1, -0.05) is 11.6 Å². The van der Waals surface area contributed by atoms with Crippen molar-refractivity contribution in [1.82, 2.24) is 10.2 Å². The van der Waals surface area contributed by atoms with Crippen LogP contribution in [0.2, 0.25) is 5.02 Å². The number of nitrogens with zero attached hydrogens (tertiary/aromatic N) is 1. The highest BCUT2D eigenvalue weighted by Crippen LogP contribution is 2.25. The van der Waals surface area contributed by atoms with E-state index in [2.05, 4.69) is 10.2 Å². The first-order valence-corrected chi connectivity index (χ1v) is 9.94. The van der Waals surface area contributed by atoms with Crippen LogP contribution in [0.1, 0.15) is 43.0 Å². The average molecular weight is 391 g/mol. The minimum atomic E-state index is 0.0437. The zero-order valence-electron chi connectivity index (χ0n) is 15.7. The van der Waals surface area contributed by atoms with Crippen molar-refractivity contribution in [3.63, 3.8) is 0 Å². The van der Waals surface area contributed by atoms with Gasteiger partial charge in [0.1, 0.15) is 11.5 Å². The molecule has 6 heteroatoms. The van der Waals surface area contributed by atoms with E-state index in [9.17, 15) is 4.79 Å². The van der Waals surface area contributed by atoms with Gasteiger partial charge in [0.25, 0.3) is 0 Å². The Morgan fingerprint density at radius 2 is 2.15 bits per heavy atom. The molecule has 0 saturated carbocycles. The highest BCUT2D eigenvalue weighted by Gasteiger charge is 2.25. The maximum atomic E-state index is 12.2. The number of aryl methyl sites for hydroxylation is 1. The largest absolute Gasteiger partial charge is 0.493 e. The molecule has 27 heavy (non-hydrogen) atoms. The Hall–Kier alpha value is -1.98. The van der Waals surface area contributed by atoms with Gasteiger partial charge >= 0.3 is 0 Å². The van der Waals surface area contributed by atoms with Crippen LogP contribution in [0.25, 0.3) is 0 Å². The number of nitrogens with one attached hydrogen (secondary N) is 1. The molecular formula is C21H27ClN2O3. The van der Waals surface area contributed by atoms with Gasteiger partial charge in [-0.25, -0.2) is 0 Å². The SMILES string of the molecule is Cc1cc(Cl)ccc1OCCCC(=O)NC[C@@H](c1ccco1)N1CCCC1. The number of likely N-dealkylation sites (tertiary alicyclic amines) is 1. The van der Waals surface area contributed by atoms with E-state index in [-0.39, 0.29) is 11.9 Å². The number of carbonyl (C=O) groups is 1. The lowest BCUT2D eigenvalue weighted by molar-refractivity contribution is -0.121. The molecule has 2 heterocycles. The molecule has 1 fully saturated rings. The van der Waals surface area contributed by atoms with Gasteiger partial charge in [0.05, 0.1) is 18.9 Å². The average Bonchev–Trinajstić information content (AvgIpc) is 3.35. The molecule has 146 valence electrons. The monoisotopic (exact) mass is 390 g/mol. The third-order valence-corrected chi connectivity index (χ3v) is 5.12. The van der Waals surface area contributed by atoms with Crippen molar-refractivity contribution in [2.24, 2.45) is 0 Å². The molecule has 1 saturated heterocycles. The van der Waals surface area contributed by atoms with E-state index in [0.29, 0.717) is 31.0 Å². The molecule has 1 aliphatic rings. The quantitative estimate of drug-likeness (QED) is 0.646. The number of amides is 1. The Morgan fingerprint density at radius 3 is 2.85 bits per heavy atom. The number of furan rings is 1. The Balaban J connectivity index is 1.40. The van der Waals surface area contributed by atoms with Crippen LogP contribution in [0.15, 0.2) is 41.0 Å². The Kier molecular flexibility index (Phi) is 7.18. The fourth-order valence-electron chi connectivity index (χ4n) is 3.43. The second kappa shape index (κ2) is 9.81. The summed E-state index contributed by atoms with van der Waals surface area (Å²) >= 11 is 5.95. The van der Waals surface area contributed by atoms with E-state index in [4.69, 9.17) is 20.8 Å². The second-order valence-corrected chi connectivity index (χ2v) is 7.38. The maximum absolute atomic E-state index is 12.2. The molecule has 0 radical (unpaired) electrons. The zero-order chi connectivity index (χ0) is 19.1. The molecule has 0 spiro atoms. The molecule has 0 bridgehead atoms. The summed E-state index contributed by atoms with van der Waals surface area (Å²) in [6.45, 7) is 5.14. The van der Waals surface area contributed by atoms with E-state index in [1.807, 2.05) is 37.3 Å². The van der Waals surface area contributed by atoms with E-state index in [0.717, 1.165) is 30.2 Å². The highest BCUT2D eigenvalue weighted by molar-refractivity contribution is 6.30. The van der Waals surface area contributed by atoms with Crippen molar-refractivity contribution in [1.29, 1.82) is 0 Å². The van der Waals surface area contributed by atoms with Crippen LogP contribution in [-0.4, -0.2) is 37.0 Å². The van der Waals surface area contributed by atoms with Crippen molar-refractivity contribution in [3.8, 4) is 5.75 Å². The van der Waals surface area contributed by atoms with E-state index < -0.39 is 0 Å². The van der Waals surface area contributed by atoms with Crippen molar-refractivity contribution >= 4 is 17.5 Å². The molecule has 1 atom stereocenters. The fraction of sp³-hybridized carbons (Fsp3) is 0.476. The standard InChI is InChI=1S/C21H27ClN2O3/c1-16-14-17(22)8-9-19(16)26-13-5-7-21(25)23-15-18(20-6-4-12-27-20)24-10-2-3-11-24/h4,6,8-9,12,14,18H,2-3,5,7,10-11,13,15H2,1H3,(H,23,25)/t18-/m0/s1. The van der Waals surface area contributed by atoms with Crippen molar-refractivity contribution in [2.45, 2.75) is 38.6 Å². The zero-order valence-corrected chi connectivity index (χ0v) is 16.5. The molecule has 1 aromatic heterocycles. The van der Waals surface area contributed by atoms with Crippen molar-refractivity contribution in [2.75, 3.05) is 26.2 Å². The lowest BCUT2D eigenvalue weighted by atomic mass is 10.2. The van der Waals surface area contributed by atoms with Gasteiger partial charge in [-0.15, -0.1) is 0 Å². The molecule has 1 amide bonds. The van der Waals surface area contributed by atoms with E-state index in [1.165, 1.54) is 12.8 Å². The number of ether oxygens (including phenoxy) is 1. The van der Waals surface area contributed by atoms with Gasteiger partial charge in [0.15, 0.2) is 0 Å². The number of halogens is 1. The van der Waals surface area contributed by atoms with Crippen molar-refractivity contribution in [3.05, 3.63) is 52.9 Å². The number of hydrogen-bond donors (Lipinski definition) is 1. The van der Waals surface area contributed by atoms with Crippen LogP contribution >= 0.6 is 11.6 Å². The molecule has 1 aliphatic heterocycles. The van der Waals surface area contributed by atoms with Crippen LogP contribution in [0.5, 0.6) is 5.75 Å². The molecule has 0 aliphatic carbocycles. The number of benzene rings is 1. The predicted octanol–water partition coefficient (Wildman–Crippen LogP) is 4.35. The maximum Gasteiger partial charge on any atom is 0.220 e. The molecule has 5 nitrogen and oxygen atoms in total. The van der Waals surface area contributed by atoms with Crippen LogP contribution in [0.4, 0.5) is 0 Å². The summed E-state index contributed by atoms with van der Waals surface area (Å²) in [7, 11) is 0. The number of hydrogen-bond acceptors (Lipinski definition) is 4. The first-order valence-electron chi connectivity index (χ1n) is 9.56. The Morgan fingerprint density at radius 1 is 1.33 bits per heavy atom. The first kappa shape index (κ1) is 19.8. The molecule has 2 aromatic rings. The predicted molar refractivity (Wildman–Crippen MR) is 106 cm³/mol. The van der Waals surface area contributed by atoms with Gasteiger partial charge in [-0.3, -0.25) is 9.69 Å². The minimum absolute atomic E-state index is 0.0437. The number of rotatable bonds is 9. The molecular weight excluding hydrogens is 364 g/mol. The Labute approximate surface area is 165 Å².